The van der Waals surface area contributed by atoms with Crippen molar-refractivity contribution in [2.24, 2.45) is 23.7 Å². The van der Waals surface area contributed by atoms with E-state index < -0.39 is 0 Å². The minimum atomic E-state index is -0.0514. The lowest BCUT2D eigenvalue weighted by Gasteiger charge is -2.40. The number of hydrogen-bond acceptors (Lipinski definition) is 3. The molecule has 3 heteroatoms. The lowest BCUT2D eigenvalue weighted by Crippen LogP contribution is -2.37. The van der Waals surface area contributed by atoms with Crippen molar-refractivity contribution in [1.82, 2.24) is 4.98 Å². The van der Waals surface area contributed by atoms with Crippen LogP contribution in [-0.4, -0.2) is 17.1 Å². The van der Waals surface area contributed by atoms with Gasteiger partial charge in [0.15, 0.2) is 0 Å². The topological polar surface area (TPSA) is 39.2 Å². The minimum Gasteiger partial charge on any atom is -0.462 e. The highest BCUT2D eigenvalue weighted by Crippen LogP contribution is 2.50. The van der Waals surface area contributed by atoms with Crippen LogP contribution in [-0.2, 0) is 9.53 Å². The molecule has 0 radical (unpaired) electrons. The number of carbonyl (C=O) groups excluding carboxylic acids is 1. The van der Waals surface area contributed by atoms with Crippen LogP contribution in [0.2, 0.25) is 0 Å². The highest BCUT2D eigenvalue weighted by molar-refractivity contribution is 5.78. The van der Waals surface area contributed by atoms with Gasteiger partial charge in [0.1, 0.15) is 6.10 Å². The monoisotopic (exact) mass is 323 g/mol. The summed E-state index contributed by atoms with van der Waals surface area (Å²) in [5.74, 6) is 1.13. The molecule has 1 saturated heterocycles. The number of allylic oxidation sites excluding steroid dienone is 2. The number of nitrogens with zero attached hydrogens (tertiary/aromatic N) is 1. The number of pyridine rings is 1. The molecule has 1 unspecified atom stereocenters. The Morgan fingerprint density at radius 1 is 1.29 bits per heavy atom. The van der Waals surface area contributed by atoms with Gasteiger partial charge in [-0.15, -0.1) is 0 Å². The van der Waals surface area contributed by atoms with Gasteiger partial charge in [-0.1, -0.05) is 30.2 Å². The van der Waals surface area contributed by atoms with Crippen molar-refractivity contribution in [3.63, 3.8) is 0 Å². The molecule has 0 spiro atoms. The zero-order valence-corrected chi connectivity index (χ0v) is 14.4. The number of hydrogen-bond donors (Lipinski definition) is 0. The Hall–Kier alpha value is -1.90. The Morgan fingerprint density at radius 3 is 3.00 bits per heavy atom. The molecule has 5 atom stereocenters. The maximum atomic E-state index is 12.3. The maximum absolute atomic E-state index is 12.3. The van der Waals surface area contributed by atoms with Crippen LogP contribution in [0.3, 0.4) is 0 Å². The van der Waals surface area contributed by atoms with Crippen molar-refractivity contribution in [2.45, 2.75) is 45.6 Å². The molecule has 0 N–H and O–H groups in total. The zero-order valence-electron chi connectivity index (χ0n) is 14.4. The van der Waals surface area contributed by atoms with Crippen molar-refractivity contribution in [2.75, 3.05) is 0 Å². The summed E-state index contributed by atoms with van der Waals surface area (Å²) in [7, 11) is 0. The number of carbonyl (C=O) groups is 1. The largest absolute Gasteiger partial charge is 0.462 e. The van der Waals surface area contributed by atoms with Crippen LogP contribution in [0, 0.1) is 30.6 Å². The number of aromatic nitrogens is 1. The minimum absolute atomic E-state index is 0.00217. The van der Waals surface area contributed by atoms with Gasteiger partial charge < -0.3 is 4.74 Å². The quantitative estimate of drug-likeness (QED) is 0.601. The maximum Gasteiger partial charge on any atom is 0.313 e. The van der Waals surface area contributed by atoms with Crippen LogP contribution in [0.25, 0.3) is 6.08 Å². The molecule has 0 amide bonds. The van der Waals surface area contributed by atoms with Gasteiger partial charge in [0.05, 0.1) is 11.6 Å². The Morgan fingerprint density at radius 2 is 2.17 bits per heavy atom. The highest BCUT2D eigenvalue weighted by atomic mass is 16.6. The predicted molar refractivity (Wildman–Crippen MR) is 94.1 cm³/mol. The molecule has 1 aromatic heterocycles. The van der Waals surface area contributed by atoms with Crippen molar-refractivity contribution in [3.8, 4) is 0 Å². The average Bonchev–Trinajstić information content (AvgIpc) is 2.86. The second-order valence-corrected chi connectivity index (χ2v) is 7.48. The SMILES string of the molecule is Cc1cccc(/C=C/C2[C@H]3[C@H](C)OC(=O)[C@H]3C=C3CCCC[C@@H]32)n1. The van der Waals surface area contributed by atoms with Crippen molar-refractivity contribution in [1.29, 1.82) is 0 Å². The van der Waals surface area contributed by atoms with Gasteiger partial charge in [-0.2, -0.15) is 0 Å². The lowest BCUT2D eigenvalue weighted by atomic mass is 9.62. The van der Waals surface area contributed by atoms with Crippen LogP contribution in [0.4, 0.5) is 0 Å². The molecule has 4 rings (SSSR count). The van der Waals surface area contributed by atoms with Crippen LogP contribution in [0.5, 0.6) is 0 Å². The number of fused-ring (bicyclic) bond motifs is 2. The van der Waals surface area contributed by atoms with Gasteiger partial charge in [-0.3, -0.25) is 9.78 Å². The van der Waals surface area contributed by atoms with Gasteiger partial charge >= 0.3 is 5.97 Å². The molecule has 3 nitrogen and oxygen atoms in total. The summed E-state index contributed by atoms with van der Waals surface area (Å²) < 4.78 is 5.58. The summed E-state index contributed by atoms with van der Waals surface area (Å²) >= 11 is 0. The molecule has 2 fully saturated rings. The van der Waals surface area contributed by atoms with E-state index >= 15 is 0 Å². The van der Waals surface area contributed by atoms with E-state index in [1.807, 2.05) is 25.1 Å². The van der Waals surface area contributed by atoms with Gasteiger partial charge in [-0.25, -0.2) is 0 Å². The predicted octanol–water partition coefficient (Wildman–Crippen LogP) is 4.33. The molecule has 0 aromatic carbocycles. The number of ether oxygens (including phenoxy) is 1. The normalized spacial score (nSPS) is 35.3. The molecular weight excluding hydrogens is 298 g/mol. The van der Waals surface area contributed by atoms with Gasteiger partial charge in [0.25, 0.3) is 0 Å². The fraction of sp³-hybridized carbons (Fsp3) is 0.524. The summed E-state index contributed by atoms with van der Waals surface area (Å²) in [4.78, 5) is 16.8. The third-order valence-electron chi connectivity index (χ3n) is 5.94. The van der Waals surface area contributed by atoms with Gasteiger partial charge in [0, 0.05) is 11.6 Å². The summed E-state index contributed by atoms with van der Waals surface area (Å²) in [5.41, 5.74) is 3.52. The summed E-state index contributed by atoms with van der Waals surface area (Å²) in [6.07, 6.45) is 11.6. The van der Waals surface area contributed by atoms with E-state index in [9.17, 15) is 4.79 Å². The summed E-state index contributed by atoms with van der Waals surface area (Å²) in [6.45, 7) is 4.07. The lowest BCUT2D eigenvalue weighted by molar-refractivity contribution is -0.142. The van der Waals surface area contributed by atoms with Crippen LogP contribution in [0.1, 0.15) is 44.0 Å². The van der Waals surface area contributed by atoms with Crippen molar-refractivity contribution >= 4 is 12.0 Å². The fourth-order valence-electron chi connectivity index (χ4n) is 4.86. The number of cyclic esters (lactones) is 1. The second kappa shape index (κ2) is 6.19. The smallest absolute Gasteiger partial charge is 0.313 e. The van der Waals surface area contributed by atoms with E-state index in [2.05, 4.69) is 30.1 Å². The number of aryl methyl sites for hydroxylation is 1. The second-order valence-electron chi connectivity index (χ2n) is 7.48. The third kappa shape index (κ3) is 2.70. The first kappa shape index (κ1) is 15.6. The molecular formula is C21H25NO2. The Balaban J connectivity index is 1.68. The summed E-state index contributed by atoms with van der Waals surface area (Å²) in [5, 5.41) is 0. The first-order valence-corrected chi connectivity index (χ1v) is 9.16. The van der Waals surface area contributed by atoms with E-state index in [4.69, 9.17) is 4.74 Å². The summed E-state index contributed by atoms with van der Waals surface area (Å²) in [6, 6.07) is 6.10. The molecule has 0 bridgehead atoms. The van der Waals surface area contributed by atoms with E-state index in [-0.39, 0.29) is 23.9 Å². The van der Waals surface area contributed by atoms with E-state index in [1.54, 1.807) is 0 Å². The Labute approximate surface area is 143 Å². The molecule has 24 heavy (non-hydrogen) atoms. The molecule has 3 aliphatic rings. The van der Waals surface area contributed by atoms with Crippen molar-refractivity contribution in [3.05, 3.63) is 47.3 Å². The van der Waals surface area contributed by atoms with E-state index in [0.717, 1.165) is 17.8 Å². The first-order chi connectivity index (χ1) is 11.6. The fourth-order valence-corrected chi connectivity index (χ4v) is 4.86. The molecule has 1 aromatic rings. The standard InChI is InChI=1S/C21H25NO2/c1-13-6-5-8-16(22-13)10-11-18-17-9-4-3-7-15(17)12-19-20(18)14(2)24-21(19)23/h5-6,8,10-12,14,17-20H,3-4,7,9H2,1-2H3/b11-10+/t14-,17-,18?,19-,20+/m0/s1. The molecule has 2 heterocycles. The van der Waals surface area contributed by atoms with Crippen LogP contribution in [0.15, 0.2) is 35.9 Å². The average molecular weight is 323 g/mol. The van der Waals surface area contributed by atoms with Crippen LogP contribution >= 0.6 is 0 Å². The molecule has 2 aliphatic carbocycles. The highest BCUT2D eigenvalue weighted by Gasteiger charge is 2.50. The Kier molecular flexibility index (Phi) is 4.03. The van der Waals surface area contributed by atoms with Gasteiger partial charge in [0.2, 0.25) is 0 Å². The van der Waals surface area contributed by atoms with Crippen LogP contribution < -0.4 is 0 Å². The van der Waals surface area contributed by atoms with E-state index in [0.29, 0.717) is 11.8 Å². The molecule has 1 saturated carbocycles. The third-order valence-corrected chi connectivity index (χ3v) is 5.94. The zero-order chi connectivity index (χ0) is 16.7. The molecule has 126 valence electrons. The van der Waals surface area contributed by atoms with E-state index in [1.165, 1.54) is 24.8 Å². The van der Waals surface area contributed by atoms with Crippen molar-refractivity contribution < 1.29 is 9.53 Å². The Bertz CT molecular complexity index is 706. The number of esters is 1. The van der Waals surface area contributed by atoms with Gasteiger partial charge in [-0.05, 0) is 63.2 Å². The first-order valence-electron chi connectivity index (χ1n) is 9.16. The molecule has 1 aliphatic heterocycles. The number of rotatable bonds is 2.